The second-order valence-electron chi connectivity index (χ2n) is 8.36. The average Bonchev–Trinajstić information content (AvgIpc) is 2.85. The number of phenols is 2. The summed E-state index contributed by atoms with van der Waals surface area (Å²) in [5, 5.41) is 21.4. The third-order valence-corrected chi connectivity index (χ3v) is 6.17. The van der Waals surface area contributed by atoms with E-state index < -0.39 is 74.8 Å². The maximum Gasteiger partial charge on any atom is 0.422 e. The van der Waals surface area contributed by atoms with Crippen molar-refractivity contribution < 1.29 is 54.1 Å². The molecule has 0 bridgehead atoms. The number of rotatable bonds is 4. The van der Waals surface area contributed by atoms with Crippen LogP contribution in [0.15, 0.2) is 72.8 Å². The molecule has 39 heavy (non-hydrogen) atoms. The van der Waals surface area contributed by atoms with E-state index in [-0.39, 0.29) is 23.3 Å². The van der Waals surface area contributed by atoms with Crippen LogP contribution in [0.25, 0.3) is 0 Å². The van der Waals surface area contributed by atoms with Crippen LogP contribution in [-0.4, -0.2) is 10.2 Å². The summed E-state index contributed by atoms with van der Waals surface area (Å²) >= 11 is 0. The Labute approximate surface area is 213 Å². The number of hydrogen-bond donors (Lipinski definition) is 2. The van der Waals surface area contributed by atoms with Crippen LogP contribution in [0.2, 0.25) is 0 Å². The van der Waals surface area contributed by atoms with Crippen LogP contribution in [-0.2, 0) is 17.8 Å². The Morgan fingerprint density at radius 2 is 0.795 bits per heavy atom. The van der Waals surface area contributed by atoms with Gasteiger partial charge in [-0.3, -0.25) is 0 Å². The number of alkyl halides is 6. The molecule has 0 unspecified atom stereocenters. The molecule has 0 saturated carbocycles. The molecule has 4 aromatic carbocycles. The molecular weight excluding hydrogens is 546 g/mol. The minimum atomic E-state index is -5.62. The van der Waals surface area contributed by atoms with Gasteiger partial charge >= 0.3 is 12.4 Å². The highest BCUT2D eigenvalue weighted by Gasteiger charge is 2.49. The van der Waals surface area contributed by atoms with Gasteiger partial charge in [0, 0.05) is 11.1 Å². The fraction of sp³-hybridized carbons (Fsp3) is 0.111. The van der Waals surface area contributed by atoms with Crippen molar-refractivity contribution in [3.8, 4) is 11.5 Å². The summed E-state index contributed by atoms with van der Waals surface area (Å²) < 4.78 is 140. The summed E-state index contributed by atoms with van der Waals surface area (Å²) in [5.41, 5.74) is -10.2. The van der Waals surface area contributed by atoms with Gasteiger partial charge in [-0.1, -0.05) is 60.7 Å². The van der Waals surface area contributed by atoms with Crippen molar-refractivity contribution in [1.82, 2.24) is 0 Å². The van der Waals surface area contributed by atoms with Crippen molar-refractivity contribution in [2.45, 2.75) is 17.8 Å². The Kier molecular flexibility index (Phi) is 6.78. The van der Waals surface area contributed by atoms with Crippen LogP contribution in [0.4, 0.5) is 43.9 Å². The van der Waals surface area contributed by atoms with Gasteiger partial charge in [-0.05, 0) is 23.3 Å². The largest absolute Gasteiger partial charge is 0.505 e. The molecule has 0 spiro atoms. The highest BCUT2D eigenvalue weighted by molar-refractivity contribution is 5.67. The molecule has 2 N–H and O–H groups in total. The van der Waals surface area contributed by atoms with Gasteiger partial charge in [0.15, 0.2) is 23.1 Å². The fourth-order valence-corrected chi connectivity index (χ4v) is 4.62. The Balaban J connectivity index is 2.30. The monoisotopic (exact) mass is 560 g/mol. The first kappa shape index (κ1) is 27.8. The molecule has 0 aliphatic carbocycles. The first-order valence-electron chi connectivity index (χ1n) is 10.8. The van der Waals surface area contributed by atoms with E-state index in [0.717, 1.165) is 0 Å². The lowest BCUT2D eigenvalue weighted by atomic mass is 9.64. The standard InChI is InChI=1S/C27H14F10O2/c28-17-11-15(23(38)21(30)19(17)26(32,33)34)25(13-7-3-1-4-8-13,14-9-5-2-6-10-14)16-12-18(29)20(27(35,36)37)22(31)24(16)39/h1-12,38-39H. The molecule has 204 valence electrons. The van der Waals surface area contributed by atoms with E-state index in [4.69, 9.17) is 0 Å². The van der Waals surface area contributed by atoms with Crippen molar-refractivity contribution in [3.05, 3.63) is 129 Å². The first-order chi connectivity index (χ1) is 18.1. The van der Waals surface area contributed by atoms with Gasteiger partial charge in [0.05, 0.1) is 5.41 Å². The van der Waals surface area contributed by atoms with Crippen molar-refractivity contribution in [2.75, 3.05) is 0 Å². The van der Waals surface area contributed by atoms with E-state index in [1.54, 1.807) is 0 Å². The van der Waals surface area contributed by atoms with Crippen LogP contribution in [0.1, 0.15) is 33.4 Å². The molecule has 0 aliphatic rings. The molecule has 0 aliphatic heterocycles. The summed E-state index contributed by atoms with van der Waals surface area (Å²) in [6.45, 7) is 0. The zero-order valence-corrected chi connectivity index (χ0v) is 19.1. The highest BCUT2D eigenvalue weighted by atomic mass is 19.4. The number of hydrogen-bond acceptors (Lipinski definition) is 2. The van der Waals surface area contributed by atoms with E-state index in [1.165, 1.54) is 60.7 Å². The predicted octanol–water partition coefficient (Wildman–Crippen LogP) is 8.07. The lowest BCUT2D eigenvalue weighted by molar-refractivity contribution is -0.143. The third kappa shape index (κ3) is 4.43. The molecule has 0 heterocycles. The van der Waals surface area contributed by atoms with Gasteiger partial charge in [-0.25, -0.2) is 17.6 Å². The molecule has 0 saturated heterocycles. The maximum atomic E-state index is 15.0. The highest BCUT2D eigenvalue weighted by Crippen LogP contribution is 2.54. The SMILES string of the molecule is Oc1c(C(c2ccccc2)(c2ccccc2)c2cc(F)c(C(F)(F)F)c(F)c2O)cc(F)c(C(F)(F)F)c1F. The van der Waals surface area contributed by atoms with Crippen molar-refractivity contribution in [1.29, 1.82) is 0 Å². The Morgan fingerprint density at radius 3 is 1.08 bits per heavy atom. The molecular formula is C27H14F10O2. The van der Waals surface area contributed by atoms with Crippen LogP contribution in [0.3, 0.4) is 0 Å². The number of phenolic OH excluding ortho intramolecular Hbond substituents is 2. The summed E-state index contributed by atoms with van der Waals surface area (Å²) in [6.07, 6.45) is -11.2. The van der Waals surface area contributed by atoms with Gasteiger partial charge in [-0.2, -0.15) is 26.3 Å². The van der Waals surface area contributed by atoms with E-state index in [9.17, 15) is 45.3 Å². The van der Waals surface area contributed by atoms with E-state index in [2.05, 4.69) is 0 Å². The number of aromatic hydroxyl groups is 2. The minimum Gasteiger partial charge on any atom is -0.505 e. The summed E-state index contributed by atoms with van der Waals surface area (Å²) in [5.74, 6) is -13.1. The molecule has 0 fully saturated rings. The maximum absolute atomic E-state index is 15.0. The van der Waals surface area contributed by atoms with Gasteiger partial charge < -0.3 is 10.2 Å². The molecule has 0 radical (unpaired) electrons. The lowest BCUT2D eigenvalue weighted by Gasteiger charge is -2.38. The molecule has 0 aromatic heterocycles. The van der Waals surface area contributed by atoms with Gasteiger partial charge in [0.2, 0.25) is 0 Å². The molecule has 4 aromatic rings. The van der Waals surface area contributed by atoms with E-state index in [0.29, 0.717) is 0 Å². The number of benzene rings is 4. The smallest absolute Gasteiger partial charge is 0.422 e. The summed E-state index contributed by atoms with van der Waals surface area (Å²) in [7, 11) is 0. The Hall–Kier alpha value is -4.22. The fourth-order valence-electron chi connectivity index (χ4n) is 4.62. The summed E-state index contributed by atoms with van der Waals surface area (Å²) in [6, 6.07) is 12.8. The topological polar surface area (TPSA) is 40.5 Å². The predicted molar refractivity (Wildman–Crippen MR) is 118 cm³/mol. The van der Waals surface area contributed by atoms with E-state index in [1.807, 2.05) is 0 Å². The average molecular weight is 560 g/mol. The Morgan fingerprint density at radius 1 is 0.487 bits per heavy atom. The molecule has 4 rings (SSSR count). The second-order valence-corrected chi connectivity index (χ2v) is 8.36. The quantitative estimate of drug-likeness (QED) is 0.196. The van der Waals surface area contributed by atoms with Crippen molar-refractivity contribution in [2.24, 2.45) is 0 Å². The van der Waals surface area contributed by atoms with Crippen LogP contribution < -0.4 is 0 Å². The zero-order valence-electron chi connectivity index (χ0n) is 19.1. The van der Waals surface area contributed by atoms with Gasteiger partial charge in [-0.15, -0.1) is 0 Å². The van der Waals surface area contributed by atoms with Crippen molar-refractivity contribution >= 4 is 0 Å². The third-order valence-electron chi connectivity index (χ3n) is 6.17. The normalized spacial score (nSPS) is 12.6. The van der Waals surface area contributed by atoms with Gasteiger partial charge in [0.25, 0.3) is 0 Å². The molecule has 0 amide bonds. The lowest BCUT2D eigenvalue weighted by Crippen LogP contribution is -2.33. The van der Waals surface area contributed by atoms with Crippen LogP contribution in [0.5, 0.6) is 11.5 Å². The van der Waals surface area contributed by atoms with Crippen molar-refractivity contribution in [3.63, 3.8) is 0 Å². The minimum absolute atomic E-state index is 0.0498. The first-order valence-corrected chi connectivity index (χ1v) is 10.8. The Bertz CT molecular complexity index is 1410. The molecule has 0 atom stereocenters. The summed E-state index contributed by atoms with van der Waals surface area (Å²) in [4.78, 5) is 0. The van der Waals surface area contributed by atoms with Crippen LogP contribution >= 0.6 is 0 Å². The van der Waals surface area contributed by atoms with Gasteiger partial charge in [0.1, 0.15) is 22.8 Å². The second kappa shape index (κ2) is 9.51. The van der Waals surface area contributed by atoms with E-state index >= 15 is 8.78 Å². The number of halogens is 10. The van der Waals surface area contributed by atoms with Crippen LogP contribution in [0, 0.1) is 23.3 Å². The zero-order chi connectivity index (χ0) is 28.9. The molecule has 12 heteroatoms. The molecule has 2 nitrogen and oxygen atoms in total.